The summed E-state index contributed by atoms with van der Waals surface area (Å²) in [6.45, 7) is 4.17. The minimum atomic E-state index is -4.47. The van der Waals surface area contributed by atoms with Crippen molar-refractivity contribution >= 4 is 17.4 Å². The molecule has 6 nitrogen and oxygen atoms in total. The smallest absolute Gasteiger partial charge is 0.379 e. The molecule has 1 aliphatic heterocycles. The third kappa shape index (κ3) is 6.15. The van der Waals surface area contributed by atoms with E-state index in [1.54, 1.807) is 6.07 Å². The number of nitro groups is 1. The van der Waals surface area contributed by atoms with Crippen LogP contribution in [-0.2, 0) is 17.3 Å². The number of ether oxygens (including phenoxy) is 1. The second-order valence-corrected chi connectivity index (χ2v) is 7.66. The van der Waals surface area contributed by atoms with E-state index in [4.69, 9.17) is 4.74 Å². The summed E-state index contributed by atoms with van der Waals surface area (Å²) in [6.07, 6.45) is -2.15. The van der Waals surface area contributed by atoms with Gasteiger partial charge in [0.25, 0.3) is 5.69 Å². The van der Waals surface area contributed by atoms with Gasteiger partial charge in [0, 0.05) is 25.4 Å². The van der Waals surface area contributed by atoms with Crippen molar-refractivity contribution in [2.24, 2.45) is 0 Å². The maximum atomic E-state index is 12.6. The van der Waals surface area contributed by atoms with Crippen molar-refractivity contribution in [3.63, 3.8) is 0 Å². The molecule has 0 bridgehead atoms. The Morgan fingerprint density at radius 2 is 1.97 bits per heavy atom. The summed E-state index contributed by atoms with van der Waals surface area (Å²) in [4.78, 5) is 17.4. The van der Waals surface area contributed by atoms with Crippen molar-refractivity contribution in [3.05, 3.63) is 57.8 Å². The highest BCUT2D eigenvalue weighted by Gasteiger charge is 2.30. The third-order valence-electron chi connectivity index (χ3n) is 4.54. The highest BCUT2D eigenvalue weighted by atomic mass is 32.2. The molecule has 0 N–H and O–H groups in total. The number of nitro benzene ring substituents is 1. The molecule has 29 heavy (non-hydrogen) atoms. The predicted molar refractivity (Wildman–Crippen MR) is 102 cm³/mol. The van der Waals surface area contributed by atoms with Gasteiger partial charge in [0.15, 0.2) is 0 Å². The molecule has 0 radical (unpaired) electrons. The predicted octanol–water partition coefficient (Wildman–Crippen LogP) is 4.42. The van der Waals surface area contributed by atoms with Crippen LogP contribution in [0.2, 0.25) is 0 Å². The number of halogens is 3. The number of nitrogens with zero attached hydrogens (tertiary/aromatic N) is 3. The second-order valence-electron chi connectivity index (χ2n) is 6.60. The van der Waals surface area contributed by atoms with Gasteiger partial charge in [-0.05, 0) is 43.1 Å². The van der Waals surface area contributed by atoms with Gasteiger partial charge in [-0.15, -0.1) is 0 Å². The first kappa shape index (κ1) is 21.5. The fraction of sp³-hybridized carbons (Fsp3) is 0.421. The van der Waals surface area contributed by atoms with Gasteiger partial charge in [0.2, 0.25) is 0 Å². The summed E-state index contributed by atoms with van der Waals surface area (Å²) in [5.41, 5.74) is -0.0674. The Hall–Kier alpha value is -2.17. The van der Waals surface area contributed by atoms with E-state index in [0.29, 0.717) is 11.3 Å². The Labute approximate surface area is 170 Å². The first-order chi connectivity index (χ1) is 13.8. The van der Waals surface area contributed by atoms with Crippen molar-refractivity contribution < 1.29 is 22.8 Å². The monoisotopic (exact) mass is 427 g/mol. The lowest BCUT2D eigenvalue weighted by molar-refractivity contribution is -0.387. The largest absolute Gasteiger partial charge is 0.417 e. The maximum Gasteiger partial charge on any atom is 0.417 e. The molecule has 0 atom stereocenters. The quantitative estimate of drug-likeness (QED) is 0.481. The number of aromatic nitrogens is 1. The van der Waals surface area contributed by atoms with E-state index in [1.165, 1.54) is 12.1 Å². The van der Waals surface area contributed by atoms with Gasteiger partial charge in [-0.25, -0.2) is 4.98 Å². The van der Waals surface area contributed by atoms with Gasteiger partial charge in [0.05, 0.1) is 28.6 Å². The lowest BCUT2D eigenvalue weighted by atomic mass is 10.1. The highest BCUT2D eigenvalue weighted by molar-refractivity contribution is 7.99. The molecule has 0 amide bonds. The van der Waals surface area contributed by atoms with Crippen molar-refractivity contribution in [3.8, 4) is 0 Å². The normalized spacial score (nSPS) is 15.4. The third-order valence-corrected chi connectivity index (χ3v) is 5.56. The van der Waals surface area contributed by atoms with Crippen LogP contribution in [0.3, 0.4) is 0 Å². The molecule has 0 spiro atoms. The number of hydrogen-bond donors (Lipinski definition) is 0. The van der Waals surface area contributed by atoms with E-state index in [0.717, 1.165) is 68.9 Å². The van der Waals surface area contributed by atoms with Crippen LogP contribution in [0.4, 0.5) is 18.9 Å². The van der Waals surface area contributed by atoms with Crippen LogP contribution in [0.1, 0.15) is 17.5 Å². The zero-order valence-corrected chi connectivity index (χ0v) is 16.3. The average Bonchev–Trinajstić information content (AvgIpc) is 2.69. The van der Waals surface area contributed by atoms with Crippen LogP contribution >= 0.6 is 11.8 Å². The molecule has 0 aliphatic carbocycles. The van der Waals surface area contributed by atoms with Gasteiger partial charge in [-0.2, -0.15) is 13.2 Å². The molecular weight excluding hydrogens is 407 g/mol. The molecule has 156 valence electrons. The number of morpholine rings is 1. The highest BCUT2D eigenvalue weighted by Crippen LogP contribution is 2.36. The van der Waals surface area contributed by atoms with E-state index < -0.39 is 16.7 Å². The van der Waals surface area contributed by atoms with Crippen molar-refractivity contribution in [1.29, 1.82) is 0 Å². The minimum absolute atomic E-state index is 0.0689. The first-order valence-electron chi connectivity index (χ1n) is 9.11. The zero-order valence-electron chi connectivity index (χ0n) is 15.5. The lowest BCUT2D eigenvalue weighted by Crippen LogP contribution is -2.36. The summed E-state index contributed by atoms with van der Waals surface area (Å²) in [5, 5.41) is 11.7. The van der Waals surface area contributed by atoms with Gasteiger partial charge in [0.1, 0.15) is 5.03 Å². The molecule has 1 aliphatic rings. The minimum Gasteiger partial charge on any atom is -0.379 e. The Morgan fingerprint density at radius 3 is 2.59 bits per heavy atom. The van der Waals surface area contributed by atoms with Crippen molar-refractivity contribution in [1.82, 2.24) is 9.88 Å². The fourth-order valence-electron chi connectivity index (χ4n) is 3.00. The number of hydrogen-bond acceptors (Lipinski definition) is 6. The Kier molecular flexibility index (Phi) is 7.09. The molecule has 1 saturated heterocycles. The van der Waals surface area contributed by atoms with Crippen molar-refractivity contribution in [2.45, 2.75) is 28.9 Å². The van der Waals surface area contributed by atoms with E-state index in [-0.39, 0.29) is 10.7 Å². The molecule has 2 heterocycles. The van der Waals surface area contributed by atoms with E-state index >= 15 is 0 Å². The van der Waals surface area contributed by atoms with Crippen LogP contribution in [0.5, 0.6) is 0 Å². The summed E-state index contributed by atoms with van der Waals surface area (Å²) in [7, 11) is 0. The average molecular weight is 427 g/mol. The first-order valence-corrected chi connectivity index (χ1v) is 9.93. The standard InChI is InChI=1S/C19H20F3N3O3S/c20-19(21,22)15-4-6-18(23-13-15)29-17-5-3-14(12-16(17)25(26)27)2-1-7-24-8-10-28-11-9-24/h3-6,12-13H,1-2,7-11H2. The number of rotatable bonds is 7. The molecular formula is C19H20F3N3O3S. The molecule has 3 rings (SSSR count). The number of benzene rings is 1. The van der Waals surface area contributed by atoms with Crippen LogP contribution in [0, 0.1) is 10.1 Å². The maximum absolute atomic E-state index is 12.6. The van der Waals surface area contributed by atoms with Crippen molar-refractivity contribution in [2.75, 3.05) is 32.8 Å². The summed E-state index contributed by atoms with van der Waals surface area (Å²) < 4.78 is 43.2. The molecule has 2 aromatic rings. The number of pyridine rings is 1. The SMILES string of the molecule is O=[N+]([O-])c1cc(CCCN2CCOCC2)ccc1Sc1ccc(C(F)(F)F)cn1. The lowest BCUT2D eigenvalue weighted by Gasteiger charge is -2.26. The molecule has 0 unspecified atom stereocenters. The fourth-order valence-corrected chi connectivity index (χ4v) is 3.84. The molecule has 1 aromatic heterocycles. The molecule has 10 heteroatoms. The van der Waals surface area contributed by atoms with Crippen LogP contribution in [0.25, 0.3) is 0 Å². The summed E-state index contributed by atoms with van der Waals surface area (Å²) >= 11 is 0.975. The van der Waals surface area contributed by atoms with Crippen LogP contribution in [0.15, 0.2) is 46.5 Å². The van der Waals surface area contributed by atoms with Crippen LogP contribution < -0.4 is 0 Å². The van der Waals surface area contributed by atoms with E-state index in [1.807, 2.05) is 6.07 Å². The topological polar surface area (TPSA) is 68.5 Å². The van der Waals surface area contributed by atoms with E-state index in [9.17, 15) is 23.3 Å². The Bertz CT molecular complexity index is 841. The van der Waals surface area contributed by atoms with Gasteiger partial charge in [-0.1, -0.05) is 17.8 Å². The Morgan fingerprint density at radius 1 is 1.21 bits per heavy atom. The zero-order chi connectivity index (χ0) is 20.9. The second kappa shape index (κ2) is 9.55. The molecule has 1 aromatic carbocycles. The summed E-state index contributed by atoms with van der Waals surface area (Å²) in [6, 6.07) is 7.12. The molecule has 1 fully saturated rings. The number of alkyl halides is 3. The molecule has 0 saturated carbocycles. The van der Waals surface area contributed by atoms with Gasteiger partial charge in [-0.3, -0.25) is 15.0 Å². The van der Waals surface area contributed by atoms with Crippen LogP contribution in [-0.4, -0.2) is 47.7 Å². The van der Waals surface area contributed by atoms with E-state index in [2.05, 4.69) is 9.88 Å². The Balaban J connectivity index is 1.65. The summed E-state index contributed by atoms with van der Waals surface area (Å²) in [5.74, 6) is 0. The van der Waals surface area contributed by atoms with Gasteiger partial charge >= 0.3 is 6.18 Å². The number of aryl methyl sites for hydroxylation is 1. The van der Waals surface area contributed by atoms with Gasteiger partial charge < -0.3 is 4.74 Å².